The quantitative estimate of drug-likeness (QED) is 0.494. The van der Waals surface area contributed by atoms with Crippen molar-refractivity contribution in [1.82, 2.24) is 0 Å². The molecule has 22 heavy (non-hydrogen) atoms. The molecule has 2 heteroatoms. The van der Waals surface area contributed by atoms with E-state index < -0.39 is 8.07 Å². The Hall–Kier alpha value is -1.93. The minimum absolute atomic E-state index is 1.28. The van der Waals surface area contributed by atoms with Gasteiger partial charge in [-0.1, -0.05) is 55.2 Å². The zero-order valence-electron chi connectivity index (χ0n) is 14.1. The first-order chi connectivity index (χ1) is 10.4. The second-order valence-electron chi connectivity index (χ2n) is 7.18. The molecule has 0 N–H and O–H groups in total. The van der Waals surface area contributed by atoms with E-state index in [-0.39, 0.29) is 0 Å². The number of hydrogen-bond donors (Lipinski definition) is 0. The van der Waals surface area contributed by atoms with Crippen LogP contribution in [0.5, 0.6) is 0 Å². The second kappa shape index (κ2) is 5.36. The SMILES string of the molecule is Cc1ccccc1-c1cc2cc([Si](C)(C)C)ccc2c[n+]1C. The van der Waals surface area contributed by atoms with Crippen LogP contribution in [-0.2, 0) is 7.05 Å². The van der Waals surface area contributed by atoms with Crippen molar-refractivity contribution in [3.63, 3.8) is 0 Å². The summed E-state index contributed by atoms with van der Waals surface area (Å²) in [7, 11) is 0.854. The Morgan fingerprint density at radius 1 is 0.864 bits per heavy atom. The summed E-state index contributed by atoms with van der Waals surface area (Å²) in [6.07, 6.45) is 2.24. The molecule has 3 rings (SSSR count). The zero-order valence-corrected chi connectivity index (χ0v) is 15.1. The number of aryl methyl sites for hydroxylation is 2. The normalized spacial score (nSPS) is 11.9. The summed E-state index contributed by atoms with van der Waals surface area (Å²) in [5.41, 5.74) is 3.91. The van der Waals surface area contributed by atoms with Crippen molar-refractivity contribution in [3.05, 3.63) is 60.3 Å². The van der Waals surface area contributed by atoms with Crippen LogP contribution >= 0.6 is 0 Å². The van der Waals surface area contributed by atoms with Crippen molar-refractivity contribution < 1.29 is 4.57 Å². The molecule has 0 saturated carbocycles. The van der Waals surface area contributed by atoms with Gasteiger partial charge in [0.2, 0.25) is 5.69 Å². The van der Waals surface area contributed by atoms with E-state index in [0.717, 1.165) is 0 Å². The van der Waals surface area contributed by atoms with Gasteiger partial charge in [-0.15, -0.1) is 0 Å². The maximum absolute atomic E-state index is 2.40. The molecular formula is C20H24NSi+. The summed E-state index contributed by atoms with van der Waals surface area (Å²) in [4.78, 5) is 0. The van der Waals surface area contributed by atoms with Crippen LogP contribution in [0.25, 0.3) is 22.0 Å². The third kappa shape index (κ3) is 2.71. The molecule has 0 spiro atoms. The van der Waals surface area contributed by atoms with Gasteiger partial charge in [-0.05, 0) is 30.0 Å². The van der Waals surface area contributed by atoms with E-state index in [0.29, 0.717) is 0 Å². The number of hydrogen-bond acceptors (Lipinski definition) is 0. The van der Waals surface area contributed by atoms with Gasteiger partial charge >= 0.3 is 0 Å². The maximum atomic E-state index is 2.40. The predicted molar refractivity (Wildman–Crippen MR) is 98.3 cm³/mol. The lowest BCUT2D eigenvalue weighted by Crippen LogP contribution is -2.37. The standard InChI is InChI=1S/C20H24NSi/c1-15-8-6-7-9-19(15)20-13-17-12-18(22(3,4)5)11-10-16(17)14-21(20)2/h6-14H,1-5H3/q+1. The number of rotatable bonds is 2. The molecule has 0 saturated heterocycles. The van der Waals surface area contributed by atoms with E-state index in [1.165, 1.54) is 32.8 Å². The third-order valence-corrected chi connectivity index (χ3v) is 6.42. The molecular weight excluding hydrogens is 282 g/mol. The summed E-state index contributed by atoms with van der Waals surface area (Å²) in [6, 6.07) is 17.9. The van der Waals surface area contributed by atoms with Gasteiger partial charge in [0.1, 0.15) is 7.05 Å². The molecule has 0 aliphatic carbocycles. The largest absolute Gasteiger partial charge is 0.213 e. The molecule has 0 bridgehead atoms. The average molecular weight is 307 g/mol. The Balaban J connectivity index is 2.24. The van der Waals surface area contributed by atoms with Crippen molar-refractivity contribution in [1.29, 1.82) is 0 Å². The first-order valence-corrected chi connectivity index (χ1v) is 11.4. The van der Waals surface area contributed by atoms with Gasteiger partial charge in [-0.2, -0.15) is 0 Å². The van der Waals surface area contributed by atoms with Crippen molar-refractivity contribution in [2.45, 2.75) is 26.6 Å². The molecule has 1 nitrogen and oxygen atoms in total. The molecule has 0 atom stereocenters. The third-order valence-electron chi connectivity index (χ3n) is 4.38. The molecule has 2 aromatic carbocycles. The lowest BCUT2D eigenvalue weighted by Gasteiger charge is -2.17. The first kappa shape index (κ1) is 15.0. The Morgan fingerprint density at radius 2 is 1.59 bits per heavy atom. The van der Waals surface area contributed by atoms with E-state index in [1.807, 2.05) is 0 Å². The van der Waals surface area contributed by atoms with E-state index in [9.17, 15) is 0 Å². The van der Waals surface area contributed by atoms with Crippen LogP contribution < -0.4 is 9.75 Å². The number of nitrogens with zero attached hydrogens (tertiary/aromatic N) is 1. The summed E-state index contributed by atoms with van der Waals surface area (Å²) in [6.45, 7) is 9.39. The summed E-state index contributed by atoms with van der Waals surface area (Å²) >= 11 is 0. The van der Waals surface area contributed by atoms with E-state index in [2.05, 4.69) is 92.9 Å². The molecule has 0 radical (unpaired) electrons. The number of aromatic nitrogens is 1. The van der Waals surface area contributed by atoms with Gasteiger partial charge in [0.25, 0.3) is 0 Å². The number of benzene rings is 2. The van der Waals surface area contributed by atoms with Crippen LogP contribution in [0.3, 0.4) is 0 Å². The van der Waals surface area contributed by atoms with Crippen LogP contribution in [0.4, 0.5) is 0 Å². The Labute approximate surface area is 134 Å². The van der Waals surface area contributed by atoms with Crippen LogP contribution in [0, 0.1) is 6.92 Å². The van der Waals surface area contributed by atoms with Crippen LogP contribution in [0.2, 0.25) is 19.6 Å². The van der Waals surface area contributed by atoms with Crippen molar-refractivity contribution in [2.75, 3.05) is 0 Å². The first-order valence-electron chi connectivity index (χ1n) is 7.86. The molecule has 3 aromatic rings. The Kier molecular flexibility index (Phi) is 3.65. The van der Waals surface area contributed by atoms with Gasteiger partial charge in [-0.3, -0.25) is 0 Å². The van der Waals surface area contributed by atoms with Crippen molar-refractivity contribution in [3.8, 4) is 11.3 Å². The van der Waals surface area contributed by atoms with Gasteiger partial charge in [0.15, 0.2) is 6.20 Å². The van der Waals surface area contributed by atoms with Gasteiger partial charge in [-0.25, -0.2) is 4.57 Å². The lowest BCUT2D eigenvalue weighted by molar-refractivity contribution is -0.659. The van der Waals surface area contributed by atoms with Crippen molar-refractivity contribution in [2.24, 2.45) is 7.05 Å². The van der Waals surface area contributed by atoms with Crippen molar-refractivity contribution >= 4 is 24.0 Å². The fraction of sp³-hybridized carbons (Fsp3) is 0.250. The van der Waals surface area contributed by atoms with Crippen LogP contribution in [0.1, 0.15) is 5.56 Å². The predicted octanol–water partition coefficient (Wildman–Crippen LogP) is 4.18. The molecule has 0 amide bonds. The highest BCUT2D eigenvalue weighted by atomic mass is 28.3. The van der Waals surface area contributed by atoms with E-state index in [4.69, 9.17) is 0 Å². The minimum atomic E-state index is -1.28. The number of fused-ring (bicyclic) bond motifs is 1. The smallest absolute Gasteiger partial charge is 0.200 e. The highest BCUT2D eigenvalue weighted by molar-refractivity contribution is 6.88. The maximum Gasteiger partial charge on any atom is 0.213 e. The molecule has 1 aromatic heterocycles. The summed E-state index contributed by atoms with van der Waals surface area (Å²) in [5, 5.41) is 4.17. The molecule has 0 fully saturated rings. The van der Waals surface area contributed by atoms with Crippen LogP contribution in [-0.4, -0.2) is 8.07 Å². The number of pyridine rings is 1. The highest BCUT2D eigenvalue weighted by Gasteiger charge is 2.18. The van der Waals surface area contributed by atoms with Gasteiger partial charge < -0.3 is 0 Å². The molecule has 0 aliphatic heterocycles. The topological polar surface area (TPSA) is 3.88 Å². The Bertz CT molecular complexity index is 844. The minimum Gasteiger partial charge on any atom is -0.200 e. The zero-order chi connectivity index (χ0) is 15.9. The summed E-state index contributed by atoms with van der Waals surface area (Å²) < 4.78 is 2.23. The lowest BCUT2D eigenvalue weighted by atomic mass is 10.0. The molecule has 0 unspecified atom stereocenters. The van der Waals surface area contributed by atoms with Crippen LogP contribution in [0.15, 0.2) is 54.7 Å². The molecule has 1 heterocycles. The monoisotopic (exact) mass is 306 g/mol. The molecule has 0 aliphatic rings. The van der Waals surface area contributed by atoms with Gasteiger partial charge in [0, 0.05) is 17.0 Å². The molecule has 112 valence electrons. The fourth-order valence-electron chi connectivity index (χ4n) is 2.94. The highest BCUT2D eigenvalue weighted by Crippen LogP contribution is 2.23. The second-order valence-corrected chi connectivity index (χ2v) is 12.3. The Morgan fingerprint density at radius 3 is 2.27 bits per heavy atom. The summed E-state index contributed by atoms with van der Waals surface area (Å²) in [5.74, 6) is 0. The van der Waals surface area contributed by atoms with E-state index in [1.54, 1.807) is 0 Å². The van der Waals surface area contributed by atoms with Gasteiger partial charge in [0.05, 0.1) is 8.07 Å². The van der Waals surface area contributed by atoms with E-state index >= 15 is 0 Å². The fourth-order valence-corrected chi connectivity index (χ4v) is 4.11. The average Bonchev–Trinajstić information content (AvgIpc) is 2.46.